The Labute approximate surface area is 182 Å². The van der Waals surface area contributed by atoms with Crippen LogP contribution in [-0.4, -0.2) is 29.6 Å². The molecule has 30 heavy (non-hydrogen) atoms. The maximum atomic E-state index is 12.0. The van der Waals surface area contributed by atoms with Crippen LogP contribution in [0.2, 0.25) is 10.0 Å². The quantitative estimate of drug-likeness (QED) is 0.385. The fraction of sp³-hybridized carbons (Fsp3) is 0.105. The van der Waals surface area contributed by atoms with Crippen molar-refractivity contribution in [2.45, 2.75) is 0 Å². The monoisotopic (exact) mass is 448 g/mol. The van der Waals surface area contributed by atoms with E-state index in [1.807, 2.05) is 12.1 Å². The summed E-state index contributed by atoms with van der Waals surface area (Å²) in [6, 6.07) is 11.9. The van der Waals surface area contributed by atoms with E-state index in [1.165, 1.54) is 12.4 Å². The fourth-order valence-electron chi connectivity index (χ4n) is 2.31. The Balaban J connectivity index is 1.57. The van der Waals surface area contributed by atoms with Gasteiger partial charge in [0.2, 0.25) is 0 Å². The first-order valence-corrected chi connectivity index (χ1v) is 9.36. The predicted octanol–water partition coefficient (Wildman–Crippen LogP) is 3.64. The van der Waals surface area contributed by atoms with Crippen LogP contribution in [0.3, 0.4) is 0 Å². The third kappa shape index (κ3) is 5.56. The number of aromatic nitrogens is 2. The molecule has 0 unspecified atom stereocenters. The number of rotatable bonds is 8. The molecule has 9 nitrogen and oxygen atoms in total. The Kier molecular flexibility index (Phi) is 6.99. The second-order valence-corrected chi connectivity index (χ2v) is 6.72. The van der Waals surface area contributed by atoms with Crippen LogP contribution in [-0.2, 0) is 4.79 Å². The maximum absolute atomic E-state index is 12.0. The van der Waals surface area contributed by atoms with Gasteiger partial charge in [0.25, 0.3) is 5.91 Å². The Morgan fingerprint density at radius 3 is 2.53 bits per heavy atom. The van der Waals surface area contributed by atoms with E-state index in [9.17, 15) is 4.79 Å². The number of nitrogens with one attached hydrogen (secondary N) is 3. The smallest absolute Gasteiger partial charge is 0.276 e. The predicted molar refractivity (Wildman–Crippen MR) is 116 cm³/mol. The van der Waals surface area contributed by atoms with Crippen molar-refractivity contribution in [1.29, 1.82) is 0 Å². The normalized spacial score (nSPS) is 10.2. The van der Waals surface area contributed by atoms with Crippen molar-refractivity contribution in [2.75, 3.05) is 30.2 Å². The first kappa shape index (κ1) is 21.3. The van der Waals surface area contributed by atoms with Crippen LogP contribution >= 0.6 is 23.2 Å². The second-order valence-electron chi connectivity index (χ2n) is 5.87. The number of amides is 1. The van der Waals surface area contributed by atoms with Gasteiger partial charge < -0.3 is 20.5 Å². The zero-order valence-electron chi connectivity index (χ0n) is 15.8. The van der Waals surface area contributed by atoms with Gasteiger partial charge in [0.05, 0.1) is 12.1 Å². The number of ether oxygens (including phenoxy) is 2. The van der Waals surface area contributed by atoms with Crippen molar-refractivity contribution in [3.05, 3.63) is 58.8 Å². The van der Waals surface area contributed by atoms with Crippen LogP contribution in [0.5, 0.6) is 11.5 Å². The molecule has 1 aromatic heterocycles. The Morgan fingerprint density at radius 2 is 1.83 bits per heavy atom. The van der Waals surface area contributed by atoms with E-state index in [1.54, 1.807) is 31.4 Å². The number of halogens is 2. The largest absolute Gasteiger partial charge is 0.497 e. The van der Waals surface area contributed by atoms with Crippen molar-refractivity contribution in [1.82, 2.24) is 15.4 Å². The van der Waals surface area contributed by atoms with Crippen LogP contribution in [0.1, 0.15) is 0 Å². The molecule has 0 aliphatic heterocycles. The van der Waals surface area contributed by atoms with E-state index >= 15 is 0 Å². The highest BCUT2D eigenvalue weighted by molar-refractivity contribution is 6.35. The van der Waals surface area contributed by atoms with Crippen LogP contribution in [0.15, 0.2) is 48.8 Å². The van der Waals surface area contributed by atoms with Gasteiger partial charge in [-0.3, -0.25) is 15.6 Å². The minimum Gasteiger partial charge on any atom is -0.497 e. The van der Waals surface area contributed by atoms with Gasteiger partial charge in [-0.25, -0.2) is 9.97 Å². The molecular formula is C19H18Cl2N6O3. The molecule has 1 heterocycles. The molecule has 0 radical (unpaired) electrons. The lowest BCUT2D eigenvalue weighted by molar-refractivity contribution is -0.122. The molecule has 0 aliphatic carbocycles. The highest BCUT2D eigenvalue weighted by Crippen LogP contribution is 2.28. The van der Waals surface area contributed by atoms with E-state index in [0.717, 1.165) is 11.4 Å². The number of hydrogen-bond donors (Lipinski definition) is 4. The lowest BCUT2D eigenvalue weighted by Crippen LogP contribution is -2.34. The topological polar surface area (TPSA) is 123 Å². The van der Waals surface area contributed by atoms with E-state index in [4.69, 9.17) is 38.4 Å². The highest BCUT2D eigenvalue weighted by Gasteiger charge is 2.11. The number of nitrogens with zero attached hydrogens (tertiary/aromatic N) is 2. The number of nitrogen functional groups attached to an aromatic ring is 1. The molecule has 3 aromatic rings. The standard InChI is InChI=1S/C19H18Cl2N6O3/c1-29-13-5-3-12(4-6-13)25-18-17(22)19(24-10-23-18)27-26-16(28)9-30-15-7-2-11(20)8-14(15)21/h2-8,10H,9,22H2,1H3,(H,26,28)(H2,23,24,25,27). The molecule has 1 amide bonds. The Hall–Kier alpha value is -3.43. The van der Waals surface area contributed by atoms with Crippen molar-refractivity contribution in [3.63, 3.8) is 0 Å². The average Bonchev–Trinajstić information content (AvgIpc) is 2.74. The Bertz CT molecular complexity index is 1030. The van der Waals surface area contributed by atoms with E-state index in [-0.39, 0.29) is 18.1 Å². The van der Waals surface area contributed by atoms with Gasteiger partial charge in [-0.2, -0.15) is 0 Å². The molecule has 0 saturated carbocycles. The molecule has 0 saturated heterocycles. The van der Waals surface area contributed by atoms with Gasteiger partial charge in [0, 0.05) is 10.7 Å². The number of benzene rings is 2. The van der Waals surface area contributed by atoms with Crippen molar-refractivity contribution in [3.8, 4) is 11.5 Å². The Morgan fingerprint density at radius 1 is 1.10 bits per heavy atom. The van der Waals surface area contributed by atoms with Crippen molar-refractivity contribution >= 4 is 52.1 Å². The summed E-state index contributed by atoms with van der Waals surface area (Å²) in [5, 5.41) is 3.85. The number of hydrazine groups is 1. The molecule has 0 aliphatic rings. The molecule has 0 bridgehead atoms. The first-order chi connectivity index (χ1) is 14.5. The van der Waals surface area contributed by atoms with Gasteiger partial charge >= 0.3 is 0 Å². The fourth-order valence-corrected chi connectivity index (χ4v) is 2.77. The first-order valence-electron chi connectivity index (χ1n) is 8.60. The van der Waals surface area contributed by atoms with Crippen molar-refractivity contribution < 1.29 is 14.3 Å². The van der Waals surface area contributed by atoms with Crippen LogP contribution in [0.25, 0.3) is 0 Å². The van der Waals surface area contributed by atoms with E-state index in [2.05, 4.69) is 26.1 Å². The summed E-state index contributed by atoms with van der Waals surface area (Å²) in [6.45, 7) is -0.281. The number of carbonyl (C=O) groups is 1. The third-order valence-corrected chi connectivity index (χ3v) is 4.34. The summed E-state index contributed by atoms with van der Waals surface area (Å²) < 4.78 is 10.5. The third-order valence-electron chi connectivity index (χ3n) is 3.81. The molecule has 0 fully saturated rings. The number of anilines is 4. The summed E-state index contributed by atoms with van der Waals surface area (Å²) >= 11 is 11.8. The number of methoxy groups -OCH3 is 1. The summed E-state index contributed by atoms with van der Waals surface area (Å²) in [7, 11) is 1.59. The summed E-state index contributed by atoms with van der Waals surface area (Å²) in [5.74, 6) is 1.19. The molecule has 156 valence electrons. The number of carbonyl (C=O) groups excluding carboxylic acids is 1. The molecule has 3 rings (SSSR count). The summed E-state index contributed by atoms with van der Waals surface area (Å²) in [6.07, 6.45) is 1.31. The molecular weight excluding hydrogens is 431 g/mol. The minimum absolute atomic E-state index is 0.218. The lowest BCUT2D eigenvalue weighted by atomic mass is 10.3. The van der Waals surface area contributed by atoms with Gasteiger partial charge in [-0.1, -0.05) is 23.2 Å². The van der Waals surface area contributed by atoms with E-state index < -0.39 is 5.91 Å². The summed E-state index contributed by atoms with van der Waals surface area (Å²) in [5.41, 5.74) is 12.2. The SMILES string of the molecule is COc1ccc(Nc2ncnc(NNC(=O)COc3ccc(Cl)cc3Cl)c2N)cc1. The van der Waals surface area contributed by atoms with Crippen LogP contribution < -0.4 is 31.4 Å². The van der Waals surface area contributed by atoms with Gasteiger partial charge in [0.15, 0.2) is 18.2 Å². The van der Waals surface area contributed by atoms with Crippen LogP contribution in [0, 0.1) is 0 Å². The highest BCUT2D eigenvalue weighted by atomic mass is 35.5. The average molecular weight is 449 g/mol. The van der Waals surface area contributed by atoms with Crippen LogP contribution in [0.4, 0.5) is 23.0 Å². The maximum Gasteiger partial charge on any atom is 0.276 e. The zero-order valence-corrected chi connectivity index (χ0v) is 17.3. The number of hydrogen-bond acceptors (Lipinski definition) is 8. The van der Waals surface area contributed by atoms with E-state index in [0.29, 0.717) is 21.6 Å². The van der Waals surface area contributed by atoms with Gasteiger partial charge in [0.1, 0.15) is 23.5 Å². The van der Waals surface area contributed by atoms with Gasteiger partial charge in [-0.05, 0) is 42.5 Å². The lowest BCUT2D eigenvalue weighted by Gasteiger charge is -2.14. The number of nitrogens with two attached hydrogens (primary N) is 1. The molecule has 0 spiro atoms. The zero-order chi connectivity index (χ0) is 21.5. The van der Waals surface area contributed by atoms with Gasteiger partial charge in [-0.15, -0.1) is 0 Å². The molecule has 2 aromatic carbocycles. The summed E-state index contributed by atoms with van der Waals surface area (Å²) in [4.78, 5) is 20.2. The molecule has 5 N–H and O–H groups in total. The molecule has 11 heteroatoms. The molecule has 0 atom stereocenters. The second kappa shape index (κ2) is 9.86. The van der Waals surface area contributed by atoms with Crippen molar-refractivity contribution in [2.24, 2.45) is 0 Å². The minimum atomic E-state index is -0.469.